The molecule has 0 radical (unpaired) electrons. The third-order valence-electron chi connectivity index (χ3n) is 5.98. The van der Waals surface area contributed by atoms with Gasteiger partial charge in [-0.25, -0.2) is 4.39 Å². The summed E-state index contributed by atoms with van der Waals surface area (Å²) in [6.45, 7) is 0.460. The van der Waals surface area contributed by atoms with Crippen LogP contribution >= 0.6 is 0 Å². The quantitative estimate of drug-likeness (QED) is 0.782. The Bertz CT molecular complexity index is 905. The normalized spacial score (nSPS) is 17.3. The SMILES string of the molecule is O=C(COc1ccc2c(c1)CCC(=O)N2)NCC1(c2ccc(F)cc2)CCCC1. The van der Waals surface area contributed by atoms with Gasteiger partial charge in [0.1, 0.15) is 11.6 Å². The maximum absolute atomic E-state index is 13.3. The molecule has 5 nitrogen and oxygen atoms in total. The van der Waals surface area contributed by atoms with Gasteiger partial charge in [-0.15, -0.1) is 0 Å². The number of nitrogens with one attached hydrogen (secondary N) is 2. The summed E-state index contributed by atoms with van der Waals surface area (Å²) in [4.78, 5) is 23.8. The lowest BCUT2D eigenvalue weighted by Crippen LogP contribution is -2.40. The van der Waals surface area contributed by atoms with Crippen LogP contribution in [0.25, 0.3) is 0 Å². The number of benzene rings is 2. The number of hydrogen-bond acceptors (Lipinski definition) is 3. The summed E-state index contributed by atoms with van der Waals surface area (Å²) < 4.78 is 18.9. The predicted octanol–water partition coefficient (Wildman–Crippen LogP) is 3.72. The minimum absolute atomic E-state index is 0.0209. The Morgan fingerprint density at radius 3 is 2.62 bits per heavy atom. The van der Waals surface area contributed by atoms with Crippen molar-refractivity contribution in [3.05, 3.63) is 59.4 Å². The molecular weight excluding hydrogens is 371 g/mol. The Labute approximate surface area is 169 Å². The van der Waals surface area contributed by atoms with Gasteiger partial charge in [-0.05, 0) is 60.7 Å². The van der Waals surface area contributed by atoms with Gasteiger partial charge >= 0.3 is 0 Å². The van der Waals surface area contributed by atoms with Crippen molar-refractivity contribution in [2.75, 3.05) is 18.5 Å². The molecule has 29 heavy (non-hydrogen) atoms. The number of amides is 2. The third kappa shape index (κ3) is 4.42. The zero-order valence-corrected chi connectivity index (χ0v) is 16.3. The van der Waals surface area contributed by atoms with Crippen LogP contribution in [0.2, 0.25) is 0 Å². The summed E-state index contributed by atoms with van der Waals surface area (Å²) >= 11 is 0. The zero-order valence-electron chi connectivity index (χ0n) is 16.3. The lowest BCUT2D eigenvalue weighted by molar-refractivity contribution is -0.123. The minimum Gasteiger partial charge on any atom is -0.484 e. The molecule has 1 saturated carbocycles. The molecule has 4 rings (SSSR count). The molecule has 1 heterocycles. The number of carbonyl (C=O) groups excluding carboxylic acids is 2. The van der Waals surface area contributed by atoms with Crippen molar-refractivity contribution in [2.45, 2.75) is 43.9 Å². The van der Waals surface area contributed by atoms with Gasteiger partial charge in [0.15, 0.2) is 6.61 Å². The van der Waals surface area contributed by atoms with Crippen molar-refractivity contribution in [3.8, 4) is 5.75 Å². The summed E-state index contributed by atoms with van der Waals surface area (Å²) in [5.41, 5.74) is 2.77. The van der Waals surface area contributed by atoms with Crippen molar-refractivity contribution in [1.82, 2.24) is 5.32 Å². The molecule has 6 heteroatoms. The van der Waals surface area contributed by atoms with E-state index >= 15 is 0 Å². The van der Waals surface area contributed by atoms with Gasteiger partial charge in [-0.1, -0.05) is 25.0 Å². The van der Waals surface area contributed by atoms with Gasteiger partial charge in [0, 0.05) is 24.1 Å². The van der Waals surface area contributed by atoms with E-state index in [0.29, 0.717) is 25.1 Å². The fourth-order valence-electron chi connectivity index (χ4n) is 4.34. The maximum Gasteiger partial charge on any atom is 0.257 e. The lowest BCUT2D eigenvalue weighted by atomic mass is 9.79. The second-order valence-electron chi connectivity index (χ2n) is 7.93. The lowest BCUT2D eigenvalue weighted by Gasteiger charge is -2.30. The van der Waals surface area contributed by atoms with E-state index < -0.39 is 0 Å². The Morgan fingerprint density at radius 2 is 1.86 bits per heavy atom. The number of rotatable bonds is 6. The monoisotopic (exact) mass is 396 g/mol. The molecule has 0 saturated heterocycles. The largest absolute Gasteiger partial charge is 0.484 e. The predicted molar refractivity (Wildman–Crippen MR) is 108 cm³/mol. The van der Waals surface area contributed by atoms with Crippen LogP contribution in [0.3, 0.4) is 0 Å². The summed E-state index contributed by atoms with van der Waals surface area (Å²) in [6, 6.07) is 12.1. The number of halogens is 1. The number of aryl methyl sites for hydroxylation is 1. The molecule has 152 valence electrons. The van der Waals surface area contributed by atoms with Crippen LogP contribution < -0.4 is 15.4 Å². The molecule has 2 aromatic carbocycles. The molecule has 0 atom stereocenters. The smallest absolute Gasteiger partial charge is 0.257 e. The highest BCUT2D eigenvalue weighted by Crippen LogP contribution is 2.40. The Hall–Kier alpha value is -2.89. The molecule has 2 amide bonds. The first-order valence-electron chi connectivity index (χ1n) is 10.1. The molecule has 0 spiro atoms. The Balaban J connectivity index is 1.33. The average Bonchev–Trinajstić information content (AvgIpc) is 3.21. The van der Waals surface area contributed by atoms with E-state index in [9.17, 15) is 14.0 Å². The van der Waals surface area contributed by atoms with E-state index in [2.05, 4.69) is 10.6 Å². The van der Waals surface area contributed by atoms with Crippen LogP contribution in [-0.4, -0.2) is 25.0 Å². The van der Waals surface area contributed by atoms with E-state index in [-0.39, 0.29) is 29.7 Å². The molecule has 2 aliphatic rings. The van der Waals surface area contributed by atoms with E-state index in [1.54, 1.807) is 6.07 Å². The van der Waals surface area contributed by atoms with Gasteiger partial charge in [0.25, 0.3) is 5.91 Å². The van der Waals surface area contributed by atoms with Crippen LogP contribution in [0.5, 0.6) is 5.75 Å². The summed E-state index contributed by atoms with van der Waals surface area (Å²) in [5, 5.41) is 5.83. The summed E-state index contributed by atoms with van der Waals surface area (Å²) in [5.74, 6) is 0.213. The van der Waals surface area contributed by atoms with Crippen molar-refractivity contribution < 1.29 is 18.7 Å². The van der Waals surface area contributed by atoms with Gasteiger partial charge in [0.2, 0.25) is 5.91 Å². The second-order valence-corrected chi connectivity index (χ2v) is 7.93. The van der Waals surface area contributed by atoms with Gasteiger partial charge < -0.3 is 15.4 Å². The number of carbonyl (C=O) groups is 2. The number of anilines is 1. The third-order valence-corrected chi connectivity index (χ3v) is 5.98. The highest BCUT2D eigenvalue weighted by atomic mass is 19.1. The maximum atomic E-state index is 13.3. The highest BCUT2D eigenvalue weighted by molar-refractivity contribution is 5.94. The van der Waals surface area contributed by atoms with E-state index in [4.69, 9.17) is 4.74 Å². The molecule has 1 fully saturated rings. The van der Waals surface area contributed by atoms with E-state index in [1.807, 2.05) is 24.3 Å². The second kappa shape index (κ2) is 8.23. The van der Waals surface area contributed by atoms with Gasteiger partial charge in [-0.3, -0.25) is 9.59 Å². The van der Waals surface area contributed by atoms with Crippen molar-refractivity contribution >= 4 is 17.5 Å². The molecule has 1 aliphatic heterocycles. The Morgan fingerprint density at radius 1 is 1.10 bits per heavy atom. The van der Waals surface area contributed by atoms with Crippen LogP contribution in [0.15, 0.2) is 42.5 Å². The topological polar surface area (TPSA) is 67.4 Å². The molecular formula is C23H25FN2O3. The zero-order chi connectivity index (χ0) is 20.3. The number of hydrogen-bond donors (Lipinski definition) is 2. The number of ether oxygens (including phenoxy) is 1. The molecule has 2 N–H and O–H groups in total. The fourth-order valence-corrected chi connectivity index (χ4v) is 4.34. The van der Waals surface area contributed by atoms with Crippen LogP contribution in [-0.2, 0) is 21.4 Å². The summed E-state index contributed by atoms with van der Waals surface area (Å²) in [7, 11) is 0. The van der Waals surface area contributed by atoms with Gasteiger partial charge in [-0.2, -0.15) is 0 Å². The summed E-state index contributed by atoms with van der Waals surface area (Å²) in [6.07, 6.45) is 5.31. The van der Waals surface area contributed by atoms with Crippen molar-refractivity contribution in [2.24, 2.45) is 0 Å². The first-order chi connectivity index (χ1) is 14.0. The first-order valence-corrected chi connectivity index (χ1v) is 10.1. The molecule has 0 bridgehead atoms. The standard InChI is InChI=1S/C23H25FN2O3/c24-18-6-4-17(5-7-18)23(11-1-2-12-23)15-25-22(28)14-29-19-8-9-20-16(13-19)3-10-21(27)26-20/h4-9,13H,1-3,10-12,14-15H2,(H,25,28)(H,26,27). The molecule has 1 aliphatic carbocycles. The van der Waals surface area contributed by atoms with Crippen molar-refractivity contribution in [3.63, 3.8) is 0 Å². The molecule has 2 aromatic rings. The first kappa shape index (κ1) is 19.4. The fraction of sp³-hybridized carbons (Fsp3) is 0.391. The van der Waals surface area contributed by atoms with Crippen molar-refractivity contribution in [1.29, 1.82) is 0 Å². The number of fused-ring (bicyclic) bond motifs is 1. The molecule has 0 unspecified atom stereocenters. The van der Waals surface area contributed by atoms with Crippen LogP contribution in [0.1, 0.15) is 43.2 Å². The van der Waals surface area contributed by atoms with Crippen LogP contribution in [0, 0.1) is 5.82 Å². The molecule has 0 aromatic heterocycles. The van der Waals surface area contributed by atoms with E-state index in [1.165, 1.54) is 12.1 Å². The van der Waals surface area contributed by atoms with E-state index in [0.717, 1.165) is 42.5 Å². The highest BCUT2D eigenvalue weighted by Gasteiger charge is 2.35. The van der Waals surface area contributed by atoms with Gasteiger partial charge in [0.05, 0.1) is 0 Å². The average molecular weight is 396 g/mol. The van der Waals surface area contributed by atoms with Crippen LogP contribution in [0.4, 0.5) is 10.1 Å². The Kier molecular flexibility index (Phi) is 5.51. The minimum atomic E-state index is -0.246.